The fourth-order valence-electron chi connectivity index (χ4n) is 1.68. The second-order valence-electron chi connectivity index (χ2n) is 3.83. The average molecular weight is 299 g/mol. The summed E-state index contributed by atoms with van der Waals surface area (Å²) in [5.41, 5.74) is 7.21. The molecule has 17 heavy (non-hydrogen) atoms. The van der Waals surface area contributed by atoms with Crippen molar-refractivity contribution in [2.45, 2.75) is 12.5 Å². The number of benzene rings is 1. The summed E-state index contributed by atoms with van der Waals surface area (Å²) in [4.78, 5) is 0. The van der Waals surface area contributed by atoms with Gasteiger partial charge in [-0.15, -0.1) is 5.10 Å². The van der Waals surface area contributed by atoms with Crippen molar-refractivity contribution < 1.29 is 4.39 Å². The maximum Gasteiger partial charge on any atom is 0.129 e. The number of aryl methyl sites for hydroxylation is 1. The van der Waals surface area contributed by atoms with Gasteiger partial charge in [0.2, 0.25) is 0 Å². The lowest BCUT2D eigenvalue weighted by molar-refractivity contribution is 0.575. The van der Waals surface area contributed by atoms with Crippen LogP contribution in [0.4, 0.5) is 4.39 Å². The molecule has 0 aliphatic rings. The molecule has 0 spiro atoms. The van der Waals surface area contributed by atoms with Gasteiger partial charge in [0.25, 0.3) is 0 Å². The van der Waals surface area contributed by atoms with Gasteiger partial charge >= 0.3 is 0 Å². The molecule has 0 saturated carbocycles. The van der Waals surface area contributed by atoms with Crippen molar-refractivity contribution in [3.05, 3.63) is 45.9 Å². The molecule has 2 N–H and O–H groups in total. The van der Waals surface area contributed by atoms with Gasteiger partial charge in [-0.05, 0) is 12.1 Å². The van der Waals surface area contributed by atoms with Crippen LogP contribution in [0.3, 0.4) is 0 Å². The number of rotatable bonds is 3. The molecular formula is C11H12BrFN4. The van der Waals surface area contributed by atoms with Crippen molar-refractivity contribution in [2.24, 2.45) is 12.8 Å². The van der Waals surface area contributed by atoms with E-state index >= 15 is 0 Å². The normalized spacial score (nSPS) is 12.7. The first-order chi connectivity index (χ1) is 8.08. The number of hydrogen-bond donors (Lipinski definition) is 1. The van der Waals surface area contributed by atoms with E-state index in [2.05, 4.69) is 26.2 Å². The Morgan fingerprint density at radius 3 is 2.88 bits per heavy atom. The molecule has 1 aromatic carbocycles. The maximum atomic E-state index is 13.7. The Balaban J connectivity index is 2.22. The summed E-state index contributed by atoms with van der Waals surface area (Å²) in [6.45, 7) is 0. The van der Waals surface area contributed by atoms with Gasteiger partial charge in [-0.25, -0.2) is 4.39 Å². The first-order valence-corrected chi connectivity index (χ1v) is 5.92. The average Bonchev–Trinajstić information content (AvgIpc) is 2.63. The Labute approximate surface area is 107 Å². The highest BCUT2D eigenvalue weighted by atomic mass is 79.9. The van der Waals surface area contributed by atoms with Crippen LogP contribution in [0.1, 0.15) is 17.3 Å². The first kappa shape index (κ1) is 12.2. The van der Waals surface area contributed by atoms with Gasteiger partial charge in [0.15, 0.2) is 0 Å². The zero-order chi connectivity index (χ0) is 12.4. The third kappa shape index (κ3) is 2.70. The SMILES string of the molecule is Cn1cc(CC(N)c2c(F)cccc2Br)nn1. The van der Waals surface area contributed by atoms with E-state index in [1.54, 1.807) is 30.1 Å². The minimum Gasteiger partial charge on any atom is -0.323 e. The highest BCUT2D eigenvalue weighted by Gasteiger charge is 2.16. The highest BCUT2D eigenvalue weighted by molar-refractivity contribution is 9.10. The van der Waals surface area contributed by atoms with E-state index in [1.807, 2.05) is 0 Å². The van der Waals surface area contributed by atoms with Gasteiger partial charge in [0.05, 0.1) is 5.69 Å². The van der Waals surface area contributed by atoms with Crippen molar-refractivity contribution in [3.63, 3.8) is 0 Å². The third-order valence-electron chi connectivity index (χ3n) is 2.45. The van der Waals surface area contributed by atoms with E-state index in [0.29, 0.717) is 16.5 Å². The maximum absolute atomic E-state index is 13.7. The van der Waals surface area contributed by atoms with E-state index in [9.17, 15) is 4.39 Å². The van der Waals surface area contributed by atoms with Crippen LogP contribution in [0, 0.1) is 5.82 Å². The molecule has 1 aromatic heterocycles. The van der Waals surface area contributed by atoms with Crippen LogP contribution in [0.5, 0.6) is 0 Å². The van der Waals surface area contributed by atoms with Crippen LogP contribution >= 0.6 is 15.9 Å². The Morgan fingerprint density at radius 1 is 1.53 bits per heavy atom. The smallest absolute Gasteiger partial charge is 0.129 e. The minimum absolute atomic E-state index is 0.309. The van der Waals surface area contributed by atoms with E-state index in [-0.39, 0.29) is 5.82 Å². The van der Waals surface area contributed by atoms with E-state index in [1.165, 1.54) is 6.07 Å². The minimum atomic E-state index is -0.442. The van der Waals surface area contributed by atoms with Crippen LogP contribution < -0.4 is 5.73 Å². The topological polar surface area (TPSA) is 56.7 Å². The summed E-state index contributed by atoms with van der Waals surface area (Å²) in [7, 11) is 1.78. The molecule has 90 valence electrons. The standard InChI is InChI=1S/C11H12BrFN4/c1-17-6-7(15-16-17)5-10(14)11-8(12)3-2-4-9(11)13/h2-4,6,10H,5,14H2,1H3. The van der Waals surface area contributed by atoms with Crippen LogP contribution in [-0.4, -0.2) is 15.0 Å². The molecule has 0 bridgehead atoms. The Bertz CT molecular complexity index is 506. The van der Waals surface area contributed by atoms with Gasteiger partial charge in [0.1, 0.15) is 5.82 Å². The zero-order valence-electron chi connectivity index (χ0n) is 9.27. The quantitative estimate of drug-likeness (QED) is 0.942. The van der Waals surface area contributed by atoms with Crippen LogP contribution in [0.25, 0.3) is 0 Å². The van der Waals surface area contributed by atoms with Crippen LogP contribution in [-0.2, 0) is 13.5 Å². The lowest BCUT2D eigenvalue weighted by atomic mass is 10.0. The summed E-state index contributed by atoms with van der Waals surface area (Å²) in [5, 5.41) is 7.75. The number of aromatic nitrogens is 3. The fraction of sp³-hybridized carbons (Fsp3) is 0.273. The molecule has 4 nitrogen and oxygen atoms in total. The van der Waals surface area contributed by atoms with Gasteiger partial charge in [-0.1, -0.05) is 27.2 Å². The molecule has 1 atom stereocenters. The molecule has 0 aliphatic heterocycles. The summed E-state index contributed by atoms with van der Waals surface area (Å²) in [6, 6.07) is 4.37. The molecule has 0 fully saturated rings. The molecule has 0 aliphatic carbocycles. The molecule has 0 radical (unpaired) electrons. The summed E-state index contributed by atoms with van der Waals surface area (Å²) in [5.74, 6) is -0.309. The lowest BCUT2D eigenvalue weighted by Gasteiger charge is -2.13. The third-order valence-corrected chi connectivity index (χ3v) is 3.14. The second-order valence-corrected chi connectivity index (χ2v) is 4.68. The van der Waals surface area contributed by atoms with E-state index in [4.69, 9.17) is 5.73 Å². The van der Waals surface area contributed by atoms with Crippen molar-refractivity contribution in [1.29, 1.82) is 0 Å². The molecule has 6 heteroatoms. The predicted molar refractivity (Wildman–Crippen MR) is 65.7 cm³/mol. The van der Waals surface area contributed by atoms with Gasteiger partial charge in [-0.3, -0.25) is 4.68 Å². The first-order valence-electron chi connectivity index (χ1n) is 5.12. The number of nitrogens with two attached hydrogens (primary N) is 1. The van der Waals surface area contributed by atoms with Gasteiger partial charge in [0, 0.05) is 35.7 Å². The van der Waals surface area contributed by atoms with Crippen molar-refractivity contribution in [2.75, 3.05) is 0 Å². The van der Waals surface area contributed by atoms with Gasteiger partial charge < -0.3 is 5.73 Å². The Hall–Kier alpha value is -1.27. The van der Waals surface area contributed by atoms with Crippen molar-refractivity contribution in [3.8, 4) is 0 Å². The Kier molecular flexibility index (Phi) is 3.54. The summed E-state index contributed by atoms with van der Waals surface area (Å²) < 4.78 is 15.9. The lowest BCUT2D eigenvalue weighted by Crippen LogP contribution is -2.16. The zero-order valence-corrected chi connectivity index (χ0v) is 10.9. The molecule has 0 amide bonds. The molecule has 2 aromatic rings. The fourth-order valence-corrected chi connectivity index (χ4v) is 2.32. The van der Waals surface area contributed by atoms with E-state index in [0.717, 1.165) is 5.69 Å². The largest absolute Gasteiger partial charge is 0.323 e. The van der Waals surface area contributed by atoms with Crippen LogP contribution in [0.2, 0.25) is 0 Å². The predicted octanol–water partition coefficient (Wildman–Crippen LogP) is 1.96. The van der Waals surface area contributed by atoms with E-state index < -0.39 is 6.04 Å². The molecule has 1 unspecified atom stereocenters. The highest BCUT2D eigenvalue weighted by Crippen LogP contribution is 2.26. The van der Waals surface area contributed by atoms with Crippen LogP contribution in [0.15, 0.2) is 28.9 Å². The molecule has 1 heterocycles. The summed E-state index contributed by atoms with van der Waals surface area (Å²) >= 11 is 3.31. The second kappa shape index (κ2) is 4.93. The Morgan fingerprint density at radius 2 is 2.29 bits per heavy atom. The van der Waals surface area contributed by atoms with Crippen molar-refractivity contribution >= 4 is 15.9 Å². The van der Waals surface area contributed by atoms with Gasteiger partial charge in [-0.2, -0.15) is 0 Å². The number of nitrogens with zero attached hydrogens (tertiary/aromatic N) is 3. The van der Waals surface area contributed by atoms with Crippen molar-refractivity contribution in [1.82, 2.24) is 15.0 Å². The molecule has 0 saturated heterocycles. The molecular weight excluding hydrogens is 287 g/mol. The monoisotopic (exact) mass is 298 g/mol. The number of halogens is 2. The summed E-state index contributed by atoms with van der Waals surface area (Å²) in [6.07, 6.45) is 2.22. The number of hydrogen-bond acceptors (Lipinski definition) is 3. The molecule has 2 rings (SSSR count).